The minimum atomic E-state index is -3.48. The minimum absolute atomic E-state index is 0.0922. The Hall–Kier alpha value is -1.68. The van der Waals surface area contributed by atoms with Crippen LogP contribution < -0.4 is 5.32 Å². The maximum atomic E-state index is 12.7. The Morgan fingerprint density at radius 1 is 1.30 bits per heavy atom. The highest BCUT2D eigenvalue weighted by Crippen LogP contribution is 2.23. The molecule has 1 aromatic rings. The van der Waals surface area contributed by atoms with Crippen molar-refractivity contribution in [2.24, 2.45) is 0 Å². The number of sulfonamides is 1. The van der Waals surface area contributed by atoms with Crippen LogP contribution in [0.1, 0.15) is 25.5 Å². The summed E-state index contributed by atoms with van der Waals surface area (Å²) >= 11 is 0. The molecule has 0 radical (unpaired) electrons. The van der Waals surface area contributed by atoms with Crippen LogP contribution in [0, 0.1) is 0 Å². The third kappa shape index (κ3) is 5.65. The number of ether oxygens (including phenoxy) is 2. The van der Waals surface area contributed by atoms with Gasteiger partial charge in [0.15, 0.2) is 0 Å². The highest BCUT2D eigenvalue weighted by molar-refractivity contribution is 7.89. The van der Waals surface area contributed by atoms with Crippen LogP contribution in [0.4, 0.5) is 4.79 Å². The molecule has 1 saturated heterocycles. The highest BCUT2D eigenvalue weighted by Gasteiger charge is 2.26. The normalized spacial score (nSPS) is 16.9. The second-order valence-electron chi connectivity index (χ2n) is 6.31. The van der Waals surface area contributed by atoms with Crippen molar-refractivity contribution in [2.45, 2.75) is 24.8 Å². The van der Waals surface area contributed by atoms with Crippen molar-refractivity contribution < 1.29 is 22.7 Å². The topological polar surface area (TPSA) is 88.2 Å². The molecule has 1 aliphatic rings. The van der Waals surface area contributed by atoms with Gasteiger partial charge in [0.2, 0.25) is 10.0 Å². The van der Waals surface area contributed by atoms with Crippen molar-refractivity contribution in [3.8, 4) is 0 Å². The minimum Gasteiger partial charge on any atom is -0.453 e. The van der Waals surface area contributed by atoms with Gasteiger partial charge in [0.05, 0.1) is 25.2 Å². The van der Waals surface area contributed by atoms with Crippen LogP contribution in [0.2, 0.25) is 0 Å². The maximum Gasteiger partial charge on any atom is 0.406 e. The van der Waals surface area contributed by atoms with Gasteiger partial charge in [-0.3, -0.25) is 4.90 Å². The Labute approximate surface area is 161 Å². The van der Waals surface area contributed by atoms with Crippen molar-refractivity contribution in [1.29, 1.82) is 0 Å². The number of hydrogen-bond donors (Lipinski definition) is 1. The first kappa shape index (κ1) is 21.6. The summed E-state index contributed by atoms with van der Waals surface area (Å²) in [6.07, 6.45) is -0.448. The summed E-state index contributed by atoms with van der Waals surface area (Å²) in [4.78, 5) is 13.7. The number of nitrogens with one attached hydrogen (secondary N) is 1. The Balaban J connectivity index is 2.02. The average molecular weight is 400 g/mol. The molecule has 1 unspecified atom stereocenters. The van der Waals surface area contributed by atoms with Crippen molar-refractivity contribution in [3.63, 3.8) is 0 Å². The molecule has 0 saturated carbocycles. The summed E-state index contributed by atoms with van der Waals surface area (Å²) in [5.41, 5.74) is 1.02. The van der Waals surface area contributed by atoms with E-state index < -0.39 is 16.1 Å². The number of alkyl carbamates (subject to hydrolysis) is 1. The van der Waals surface area contributed by atoms with E-state index in [1.807, 2.05) is 19.1 Å². The van der Waals surface area contributed by atoms with E-state index >= 15 is 0 Å². The molecule has 1 N–H and O–H groups in total. The van der Waals surface area contributed by atoms with Crippen LogP contribution in [0.15, 0.2) is 29.2 Å². The smallest absolute Gasteiger partial charge is 0.406 e. The molecule has 1 heterocycles. The lowest BCUT2D eigenvalue weighted by Gasteiger charge is -2.29. The van der Waals surface area contributed by atoms with Gasteiger partial charge < -0.3 is 14.8 Å². The van der Waals surface area contributed by atoms with Gasteiger partial charge >= 0.3 is 6.09 Å². The zero-order valence-electron chi connectivity index (χ0n) is 16.2. The third-order valence-corrected chi connectivity index (χ3v) is 6.69. The van der Waals surface area contributed by atoms with Gasteiger partial charge in [0, 0.05) is 32.2 Å². The van der Waals surface area contributed by atoms with Gasteiger partial charge in [-0.15, -0.1) is 0 Å². The van der Waals surface area contributed by atoms with E-state index in [1.54, 1.807) is 12.1 Å². The predicted octanol–water partition coefficient (Wildman–Crippen LogP) is 1.45. The van der Waals surface area contributed by atoms with Gasteiger partial charge in [-0.25, -0.2) is 13.2 Å². The van der Waals surface area contributed by atoms with Crippen molar-refractivity contribution in [2.75, 3.05) is 53.0 Å². The molecule has 0 aliphatic carbocycles. The average Bonchev–Trinajstić information content (AvgIpc) is 2.71. The molecule has 0 aromatic heterocycles. The zero-order valence-corrected chi connectivity index (χ0v) is 17.0. The first-order chi connectivity index (χ1) is 12.9. The largest absolute Gasteiger partial charge is 0.453 e. The highest BCUT2D eigenvalue weighted by atomic mass is 32.2. The van der Waals surface area contributed by atoms with E-state index in [0.717, 1.165) is 12.1 Å². The van der Waals surface area contributed by atoms with E-state index in [-0.39, 0.29) is 6.04 Å². The fourth-order valence-corrected chi connectivity index (χ4v) is 4.47. The van der Waals surface area contributed by atoms with Gasteiger partial charge in [0.25, 0.3) is 0 Å². The molecule has 1 atom stereocenters. The summed E-state index contributed by atoms with van der Waals surface area (Å²) in [5.74, 6) is 0. The van der Waals surface area contributed by atoms with Crippen LogP contribution in [0.5, 0.6) is 0 Å². The van der Waals surface area contributed by atoms with Gasteiger partial charge in [-0.05, 0) is 31.2 Å². The van der Waals surface area contributed by atoms with Crippen molar-refractivity contribution in [3.05, 3.63) is 29.8 Å². The van der Waals surface area contributed by atoms with E-state index in [9.17, 15) is 13.2 Å². The van der Waals surface area contributed by atoms with E-state index in [2.05, 4.69) is 21.9 Å². The first-order valence-electron chi connectivity index (χ1n) is 9.14. The summed E-state index contributed by atoms with van der Waals surface area (Å²) < 4.78 is 36.7. The lowest BCUT2D eigenvalue weighted by atomic mass is 10.1. The summed E-state index contributed by atoms with van der Waals surface area (Å²) in [6, 6.07) is 7.13. The Kier molecular flexibility index (Phi) is 8.03. The van der Waals surface area contributed by atoms with Crippen LogP contribution in [0.3, 0.4) is 0 Å². The first-order valence-corrected chi connectivity index (χ1v) is 10.6. The van der Waals surface area contributed by atoms with Crippen LogP contribution in [-0.2, 0) is 19.5 Å². The fourth-order valence-electron chi connectivity index (χ4n) is 3.06. The molecule has 1 aromatic carbocycles. The molecule has 152 valence electrons. The molecular formula is C18H29N3O5S. The SMILES string of the molecule is CCN(CCNC(=O)OC)C(C)c1ccc(S(=O)(=O)N2CCOCC2)cc1. The summed E-state index contributed by atoms with van der Waals surface area (Å²) in [7, 11) is -2.14. The third-order valence-electron chi connectivity index (χ3n) is 4.78. The number of benzene rings is 1. The predicted molar refractivity (Wildman–Crippen MR) is 102 cm³/mol. The van der Waals surface area contributed by atoms with Crippen LogP contribution in [-0.4, -0.2) is 76.8 Å². The molecule has 0 spiro atoms. The van der Waals surface area contributed by atoms with Crippen LogP contribution in [0.25, 0.3) is 0 Å². The second-order valence-corrected chi connectivity index (χ2v) is 8.25. The number of carbonyl (C=O) groups excluding carboxylic acids is 1. The van der Waals surface area contributed by atoms with E-state index in [0.29, 0.717) is 44.3 Å². The zero-order chi connectivity index (χ0) is 19.9. The van der Waals surface area contributed by atoms with Gasteiger partial charge in [0.1, 0.15) is 0 Å². The molecule has 0 bridgehead atoms. The number of methoxy groups -OCH3 is 1. The molecule has 2 rings (SSSR count). The van der Waals surface area contributed by atoms with Gasteiger partial charge in [-0.1, -0.05) is 19.1 Å². The van der Waals surface area contributed by atoms with Gasteiger partial charge in [-0.2, -0.15) is 4.31 Å². The number of carbonyl (C=O) groups is 1. The number of nitrogens with zero attached hydrogens (tertiary/aromatic N) is 2. The van der Waals surface area contributed by atoms with Crippen LogP contribution >= 0.6 is 0 Å². The molecular weight excluding hydrogens is 370 g/mol. The molecule has 1 aliphatic heterocycles. The second kappa shape index (κ2) is 10.0. The number of morpholine rings is 1. The standard InChI is InChI=1S/C18H29N3O5S/c1-4-20(10-9-19-18(22)25-3)15(2)16-5-7-17(8-6-16)27(23,24)21-11-13-26-14-12-21/h5-8,15H,4,9-14H2,1-3H3,(H,19,22). The summed E-state index contributed by atoms with van der Waals surface area (Å²) in [5, 5.41) is 2.67. The Morgan fingerprint density at radius 2 is 1.93 bits per heavy atom. The Bertz CT molecular complexity index is 702. The quantitative estimate of drug-likeness (QED) is 0.712. The monoisotopic (exact) mass is 399 g/mol. The van der Waals surface area contributed by atoms with Crippen molar-refractivity contribution in [1.82, 2.24) is 14.5 Å². The van der Waals surface area contributed by atoms with Crippen molar-refractivity contribution >= 4 is 16.1 Å². The molecule has 1 fully saturated rings. The Morgan fingerprint density at radius 3 is 2.48 bits per heavy atom. The lowest BCUT2D eigenvalue weighted by Crippen LogP contribution is -2.40. The summed E-state index contributed by atoms with van der Waals surface area (Å²) in [6.45, 7) is 7.69. The molecule has 27 heavy (non-hydrogen) atoms. The number of hydrogen-bond acceptors (Lipinski definition) is 6. The molecule has 1 amide bonds. The number of rotatable bonds is 8. The number of likely N-dealkylation sites (N-methyl/N-ethyl adjacent to an activating group) is 1. The molecule has 8 nitrogen and oxygen atoms in total. The number of amides is 1. The lowest BCUT2D eigenvalue weighted by molar-refractivity contribution is 0.0730. The molecule has 9 heteroatoms. The van der Waals surface area contributed by atoms with E-state index in [4.69, 9.17) is 4.74 Å². The maximum absolute atomic E-state index is 12.7. The van der Waals surface area contributed by atoms with E-state index in [1.165, 1.54) is 11.4 Å². The fraction of sp³-hybridized carbons (Fsp3) is 0.611.